The van der Waals surface area contributed by atoms with Gasteiger partial charge in [-0.1, -0.05) is 0 Å². The summed E-state index contributed by atoms with van der Waals surface area (Å²) < 4.78 is 10.8. The van der Waals surface area contributed by atoms with Crippen LogP contribution in [-0.4, -0.2) is 31.8 Å². The molecule has 2 N–H and O–H groups in total. The van der Waals surface area contributed by atoms with E-state index in [-0.39, 0.29) is 18.6 Å². The highest BCUT2D eigenvalue weighted by molar-refractivity contribution is 5.98. The van der Waals surface area contributed by atoms with Crippen molar-refractivity contribution in [1.29, 1.82) is 0 Å². The molecule has 1 aromatic rings. The van der Waals surface area contributed by atoms with Crippen molar-refractivity contribution in [1.82, 2.24) is 0 Å². The molecule has 1 heterocycles. The summed E-state index contributed by atoms with van der Waals surface area (Å²) >= 11 is 0. The number of nitrogens with zero attached hydrogens (tertiary/aromatic N) is 1. The topological polar surface area (TPSA) is 64.8 Å². The maximum Gasteiger partial charge on any atom is 0.265 e. The van der Waals surface area contributed by atoms with Gasteiger partial charge in [-0.15, -0.1) is 0 Å². The lowest BCUT2D eigenvalue weighted by Crippen LogP contribution is -2.41. The Morgan fingerprint density at radius 2 is 2.28 bits per heavy atom. The Bertz CT molecular complexity index is 446. The summed E-state index contributed by atoms with van der Waals surface area (Å²) in [5.41, 5.74) is 7.08. The summed E-state index contributed by atoms with van der Waals surface area (Å²) in [5.74, 6) is 0.619. The monoisotopic (exact) mass is 250 g/mol. The number of amides is 1. The first kappa shape index (κ1) is 12.7. The molecule has 1 aliphatic rings. The molecule has 0 radical (unpaired) electrons. The van der Waals surface area contributed by atoms with Gasteiger partial charge in [-0.05, 0) is 32.0 Å². The third-order valence-corrected chi connectivity index (χ3v) is 2.69. The van der Waals surface area contributed by atoms with E-state index in [1.807, 2.05) is 13.8 Å². The molecular formula is C13H18N2O3. The molecule has 0 unspecified atom stereocenters. The number of anilines is 2. The number of nitrogen functional groups attached to an aromatic ring is 1. The molecule has 0 atom stereocenters. The van der Waals surface area contributed by atoms with Gasteiger partial charge in [-0.25, -0.2) is 0 Å². The Labute approximate surface area is 106 Å². The van der Waals surface area contributed by atoms with Crippen molar-refractivity contribution in [2.45, 2.75) is 20.0 Å². The fourth-order valence-corrected chi connectivity index (χ4v) is 1.84. The number of carbonyl (C=O) groups is 1. The Morgan fingerprint density at radius 1 is 1.50 bits per heavy atom. The Kier molecular flexibility index (Phi) is 3.72. The largest absolute Gasteiger partial charge is 0.482 e. The first-order valence-electron chi connectivity index (χ1n) is 6.02. The van der Waals surface area contributed by atoms with Crippen LogP contribution in [0.1, 0.15) is 13.8 Å². The summed E-state index contributed by atoms with van der Waals surface area (Å²) in [6.07, 6.45) is 0.154. The predicted molar refractivity (Wildman–Crippen MR) is 69.8 cm³/mol. The molecule has 1 aliphatic heterocycles. The molecule has 5 heteroatoms. The molecule has 0 aliphatic carbocycles. The van der Waals surface area contributed by atoms with Crippen LogP contribution in [0.25, 0.3) is 0 Å². The van der Waals surface area contributed by atoms with Gasteiger partial charge in [-0.3, -0.25) is 4.79 Å². The number of hydrogen-bond acceptors (Lipinski definition) is 4. The molecule has 98 valence electrons. The SMILES string of the molecule is CC(C)OCCN1C(=O)COc2ccc(N)cc21. The highest BCUT2D eigenvalue weighted by Crippen LogP contribution is 2.33. The summed E-state index contributed by atoms with van der Waals surface area (Å²) in [6.45, 7) is 5.01. The average molecular weight is 250 g/mol. The minimum atomic E-state index is -0.0690. The van der Waals surface area contributed by atoms with Gasteiger partial charge in [-0.2, -0.15) is 0 Å². The third-order valence-electron chi connectivity index (χ3n) is 2.69. The summed E-state index contributed by atoms with van der Waals surface area (Å²) in [6, 6.07) is 5.30. The van der Waals surface area contributed by atoms with E-state index in [2.05, 4.69) is 0 Å². The van der Waals surface area contributed by atoms with Crippen LogP contribution >= 0.6 is 0 Å². The normalized spacial score (nSPS) is 14.6. The van der Waals surface area contributed by atoms with Crippen LogP contribution in [0.4, 0.5) is 11.4 Å². The van der Waals surface area contributed by atoms with Gasteiger partial charge in [0.15, 0.2) is 6.61 Å². The molecule has 2 rings (SSSR count). The Hall–Kier alpha value is -1.75. The van der Waals surface area contributed by atoms with Gasteiger partial charge in [0, 0.05) is 12.2 Å². The van der Waals surface area contributed by atoms with Crippen molar-refractivity contribution in [2.24, 2.45) is 0 Å². The van der Waals surface area contributed by atoms with E-state index in [1.54, 1.807) is 23.1 Å². The number of benzene rings is 1. The summed E-state index contributed by atoms with van der Waals surface area (Å²) in [5, 5.41) is 0. The van der Waals surface area contributed by atoms with Gasteiger partial charge < -0.3 is 20.1 Å². The third kappa shape index (κ3) is 2.73. The second-order valence-electron chi connectivity index (χ2n) is 4.48. The van der Waals surface area contributed by atoms with Crippen LogP contribution < -0.4 is 15.4 Å². The molecule has 0 fully saturated rings. The van der Waals surface area contributed by atoms with Crippen molar-refractivity contribution < 1.29 is 14.3 Å². The summed E-state index contributed by atoms with van der Waals surface area (Å²) in [4.78, 5) is 13.5. The number of nitrogens with two attached hydrogens (primary N) is 1. The molecule has 0 spiro atoms. The van der Waals surface area contributed by atoms with Crippen molar-refractivity contribution >= 4 is 17.3 Å². The molecule has 1 aromatic carbocycles. The first-order chi connectivity index (χ1) is 8.58. The minimum Gasteiger partial charge on any atom is -0.482 e. The molecule has 0 aromatic heterocycles. The van der Waals surface area contributed by atoms with Gasteiger partial charge in [0.05, 0.1) is 18.4 Å². The van der Waals surface area contributed by atoms with Gasteiger partial charge in [0.25, 0.3) is 5.91 Å². The molecule has 18 heavy (non-hydrogen) atoms. The highest BCUT2D eigenvalue weighted by Gasteiger charge is 2.25. The van der Waals surface area contributed by atoms with Crippen molar-refractivity contribution in [2.75, 3.05) is 30.4 Å². The van der Waals surface area contributed by atoms with Crippen molar-refractivity contribution in [3.8, 4) is 5.75 Å². The molecule has 0 bridgehead atoms. The van der Waals surface area contributed by atoms with E-state index < -0.39 is 0 Å². The number of ether oxygens (including phenoxy) is 2. The van der Waals surface area contributed by atoms with Gasteiger partial charge >= 0.3 is 0 Å². The van der Waals surface area contributed by atoms with E-state index in [0.717, 1.165) is 5.69 Å². The molecular weight excluding hydrogens is 232 g/mol. The van der Waals surface area contributed by atoms with Crippen LogP contribution in [0.5, 0.6) is 5.75 Å². The number of hydrogen-bond donors (Lipinski definition) is 1. The second-order valence-corrected chi connectivity index (χ2v) is 4.48. The van der Waals surface area contributed by atoms with Crippen LogP contribution in [0.3, 0.4) is 0 Å². The van der Waals surface area contributed by atoms with Crippen LogP contribution in [-0.2, 0) is 9.53 Å². The van der Waals surface area contributed by atoms with Gasteiger partial charge in [0.2, 0.25) is 0 Å². The van der Waals surface area contributed by atoms with E-state index >= 15 is 0 Å². The van der Waals surface area contributed by atoms with Crippen molar-refractivity contribution in [3.63, 3.8) is 0 Å². The smallest absolute Gasteiger partial charge is 0.265 e. The zero-order chi connectivity index (χ0) is 13.1. The van der Waals surface area contributed by atoms with E-state index in [0.29, 0.717) is 24.6 Å². The first-order valence-corrected chi connectivity index (χ1v) is 6.02. The summed E-state index contributed by atoms with van der Waals surface area (Å²) in [7, 11) is 0. The lowest BCUT2D eigenvalue weighted by Gasteiger charge is -2.29. The minimum absolute atomic E-state index is 0.0681. The fourth-order valence-electron chi connectivity index (χ4n) is 1.84. The standard InChI is InChI=1S/C13H18N2O3/c1-9(2)17-6-5-15-11-7-10(14)3-4-12(11)18-8-13(15)16/h3-4,7,9H,5-6,8,14H2,1-2H3. The number of fused-ring (bicyclic) bond motifs is 1. The van der Waals surface area contributed by atoms with Crippen LogP contribution in [0.15, 0.2) is 18.2 Å². The Morgan fingerprint density at radius 3 is 3.00 bits per heavy atom. The number of carbonyl (C=O) groups excluding carboxylic acids is 1. The lowest BCUT2D eigenvalue weighted by atomic mass is 10.2. The van der Waals surface area contributed by atoms with Crippen LogP contribution in [0, 0.1) is 0 Å². The molecule has 1 amide bonds. The Balaban J connectivity index is 2.14. The number of rotatable bonds is 4. The maximum atomic E-state index is 11.8. The van der Waals surface area contributed by atoms with E-state index in [4.69, 9.17) is 15.2 Å². The van der Waals surface area contributed by atoms with Gasteiger partial charge in [0.1, 0.15) is 5.75 Å². The van der Waals surface area contributed by atoms with Crippen LogP contribution in [0.2, 0.25) is 0 Å². The van der Waals surface area contributed by atoms with Crippen molar-refractivity contribution in [3.05, 3.63) is 18.2 Å². The average Bonchev–Trinajstić information content (AvgIpc) is 2.31. The van der Waals surface area contributed by atoms with E-state index in [9.17, 15) is 4.79 Å². The quantitative estimate of drug-likeness (QED) is 0.821. The predicted octanol–water partition coefficient (Wildman–Crippen LogP) is 1.42. The molecule has 5 nitrogen and oxygen atoms in total. The lowest BCUT2D eigenvalue weighted by molar-refractivity contribution is -0.121. The maximum absolute atomic E-state index is 11.8. The molecule has 0 saturated carbocycles. The second kappa shape index (κ2) is 5.27. The zero-order valence-electron chi connectivity index (χ0n) is 10.7. The highest BCUT2D eigenvalue weighted by atomic mass is 16.5. The zero-order valence-corrected chi connectivity index (χ0v) is 10.7. The molecule has 0 saturated heterocycles. The van der Waals surface area contributed by atoms with E-state index in [1.165, 1.54) is 0 Å². The fraction of sp³-hybridized carbons (Fsp3) is 0.462.